The van der Waals surface area contributed by atoms with Gasteiger partial charge in [-0.25, -0.2) is 4.79 Å². The van der Waals surface area contributed by atoms with Gasteiger partial charge in [-0.05, 0) is 5.92 Å². The monoisotopic (exact) mass is 182 g/mol. The van der Waals surface area contributed by atoms with Crippen molar-refractivity contribution in [3.05, 3.63) is 0 Å². The third-order valence-corrected chi connectivity index (χ3v) is 2.21. The molecular weight excluding hydrogens is 168 g/mol. The van der Waals surface area contributed by atoms with Crippen LogP contribution in [0.4, 0.5) is 4.79 Å². The molecule has 0 aromatic carbocycles. The molecule has 72 valence electrons. The lowest BCUT2D eigenvalue weighted by Gasteiger charge is -2.14. The minimum atomic E-state index is -0.363. The van der Waals surface area contributed by atoms with Crippen molar-refractivity contribution in [2.45, 2.75) is 13.0 Å². The number of rotatable bonds is 1. The first kappa shape index (κ1) is 9.87. The molecule has 0 aliphatic carbocycles. The molecule has 13 heavy (non-hydrogen) atoms. The molecule has 0 aromatic heterocycles. The molecule has 1 saturated heterocycles. The fourth-order valence-electron chi connectivity index (χ4n) is 1.34. The SMILES string of the molecule is C#CCOC(=O)N1CC(C)C(N)C1. The van der Waals surface area contributed by atoms with Crippen molar-refractivity contribution in [2.75, 3.05) is 19.7 Å². The van der Waals surface area contributed by atoms with Crippen LogP contribution in [-0.4, -0.2) is 36.7 Å². The van der Waals surface area contributed by atoms with Crippen LogP contribution in [-0.2, 0) is 4.74 Å². The van der Waals surface area contributed by atoms with Gasteiger partial charge in [0, 0.05) is 19.1 Å². The van der Waals surface area contributed by atoms with Gasteiger partial charge in [0.2, 0.25) is 0 Å². The van der Waals surface area contributed by atoms with Crippen LogP contribution in [0, 0.1) is 18.3 Å². The van der Waals surface area contributed by atoms with Gasteiger partial charge < -0.3 is 15.4 Å². The summed E-state index contributed by atoms with van der Waals surface area (Å²) < 4.78 is 4.77. The summed E-state index contributed by atoms with van der Waals surface area (Å²) in [4.78, 5) is 12.8. The van der Waals surface area contributed by atoms with Gasteiger partial charge >= 0.3 is 6.09 Å². The van der Waals surface area contributed by atoms with E-state index in [1.165, 1.54) is 0 Å². The largest absolute Gasteiger partial charge is 0.436 e. The summed E-state index contributed by atoms with van der Waals surface area (Å²) in [5.41, 5.74) is 5.75. The third kappa shape index (κ3) is 2.36. The van der Waals surface area contributed by atoms with E-state index in [1.54, 1.807) is 4.90 Å². The topological polar surface area (TPSA) is 55.6 Å². The highest BCUT2D eigenvalue weighted by molar-refractivity contribution is 5.68. The summed E-state index contributed by atoms with van der Waals surface area (Å²) in [6, 6.07) is 0.0541. The predicted octanol–water partition coefficient (Wildman–Crippen LogP) is 0.0352. The lowest BCUT2D eigenvalue weighted by molar-refractivity contribution is 0.121. The molecule has 1 heterocycles. The Kier molecular flexibility index (Phi) is 3.15. The Morgan fingerprint density at radius 3 is 2.92 bits per heavy atom. The first-order valence-corrected chi connectivity index (χ1v) is 4.26. The highest BCUT2D eigenvalue weighted by Crippen LogP contribution is 2.14. The summed E-state index contributed by atoms with van der Waals surface area (Å²) in [6.45, 7) is 3.26. The molecule has 0 bridgehead atoms. The summed E-state index contributed by atoms with van der Waals surface area (Å²) in [6.07, 6.45) is 4.60. The molecule has 1 aliphatic rings. The van der Waals surface area contributed by atoms with Crippen molar-refractivity contribution >= 4 is 6.09 Å². The number of carbonyl (C=O) groups is 1. The molecule has 0 spiro atoms. The molecule has 0 radical (unpaired) electrons. The van der Waals surface area contributed by atoms with Gasteiger partial charge in [-0.3, -0.25) is 0 Å². The van der Waals surface area contributed by atoms with E-state index in [0.29, 0.717) is 19.0 Å². The highest BCUT2D eigenvalue weighted by atomic mass is 16.6. The quantitative estimate of drug-likeness (QED) is 0.582. The molecule has 2 unspecified atom stereocenters. The van der Waals surface area contributed by atoms with Gasteiger partial charge in [-0.15, -0.1) is 6.42 Å². The van der Waals surface area contributed by atoms with Crippen molar-refractivity contribution in [1.82, 2.24) is 4.90 Å². The predicted molar refractivity (Wildman–Crippen MR) is 48.9 cm³/mol. The number of likely N-dealkylation sites (tertiary alicyclic amines) is 1. The molecule has 0 saturated carbocycles. The molecule has 2 N–H and O–H groups in total. The highest BCUT2D eigenvalue weighted by Gasteiger charge is 2.30. The van der Waals surface area contributed by atoms with Gasteiger partial charge in [-0.1, -0.05) is 12.8 Å². The molecule has 1 aliphatic heterocycles. The van der Waals surface area contributed by atoms with E-state index in [-0.39, 0.29) is 18.7 Å². The Morgan fingerprint density at radius 1 is 1.77 bits per heavy atom. The lowest BCUT2D eigenvalue weighted by Crippen LogP contribution is -2.32. The molecule has 1 amide bonds. The average Bonchev–Trinajstić information content (AvgIpc) is 2.43. The van der Waals surface area contributed by atoms with Crippen LogP contribution in [0.1, 0.15) is 6.92 Å². The van der Waals surface area contributed by atoms with E-state index >= 15 is 0 Å². The van der Waals surface area contributed by atoms with Crippen LogP contribution in [0.3, 0.4) is 0 Å². The van der Waals surface area contributed by atoms with E-state index in [4.69, 9.17) is 16.9 Å². The lowest BCUT2D eigenvalue weighted by atomic mass is 10.1. The first-order valence-electron chi connectivity index (χ1n) is 4.26. The molecule has 0 aromatic rings. The zero-order valence-corrected chi connectivity index (χ0v) is 7.69. The first-order chi connectivity index (χ1) is 6.15. The number of ether oxygens (including phenoxy) is 1. The Labute approximate surface area is 78.0 Å². The Morgan fingerprint density at radius 2 is 2.46 bits per heavy atom. The maximum Gasteiger partial charge on any atom is 0.410 e. The smallest absolute Gasteiger partial charge is 0.410 e. The Balaban J connectivity index is 2.38. The van der Waals surface area contributed by atoms with E-state index in [1.807, 2.05) is 6.92 Å². The zero-order valence-electron chi connectivity index (χ0n) is 7.69. The Hall–Kier alpha value is -1.21. The Bertz CT molecular complexity index is 224. The average molecular weight is 182 g/mol. The molecular formula is C9H14N2O2. The van der Waals surface area contributed by atoms with Crippen molar-refractivity contribution in [3.8, 4) is 12.3 Å². The molecule has 2 atom stereocenters. The van der Waals surface area contributed by atoms with Crippen LogP contribution in [0.25, 0.3) is 0 Å². The minimum Gasteiger partial charge on any atom is -0.436 e. The van der Waals surface area contributed by atoms with Crippen molar-refractivity contribution < 1.29 is 9.53 Å². The second-order valence-corrected chi connectivity index (χ2v) is 3.30. The number of carbonyl (C=O) groups excluding carboxylic acids is 1. The van der Waals surface area contributed by atoms with E-state index in [9.17, 15) is 4.79 Å². The number of amides is 1. The van der Waals surface area contributed by atoms with Crippen LogP contribution >= 0.6 is 0 Å². The molecule has 4 nitrogen and oxygen atoms in total. The van der Waals surface area contributed by atoms with Crippen LogP contribution in [0.2, 0.25) is 0 Å². The van der Waals surface area contributed by atoms with Gasteiger partial charge in [-0.2, -0.15) is 0 Å². The van der Waals surface area contributed by atoms with E-state index in [0.717, 1.165) is 0 Å². The third-order valence-electron chi connectivity index (χ3n) is 2.21. The van der Waals surface area contributed by atoms with Gasteiger partial charge in [0.1, 0.15) is 0 Å². The fraction of sp³-hybridized carbons (Fsp3) is 0.667. The van der Waals surface area contributed by atoms with Crippen LogP contribution in [0.15, 0.2) is 0 Å². The minimum absolute atomic E-state index is 0.0267. The summed E-state index contributed by atoms with van der Waals surface area (Å²) in [5, 5.41) is 0. The molecule has 1 fully saturated rings. The zero-order chi connectivity index (χ0) is 9.84. The molecule has 4 heteroatoms. The van der Waals surface area contributed by atoms with Crippen molar-refractivity contribution in [1.29, 1.82) is 0 Å². The number of nitrogens with two attached hydrogens (primary N) is 1. The van der Waals surface area contributed by atoms with Gasteiger partial charge in [0.15, 0.2) is 6.61 Å². The standard InChI is InChI=1S/C9H14N2O2/c1-3-4-13-9(12)11-5-7(2)8(10)6-11/h1,7-8H,4-6,10H2,2H3. The molecule has 1 rings (SSSR count). The van der Waals surface area contributed by atoms with Crippen LogP contribution < -0.4 is 5.73 Å². The number of nitrogens with zero attached hydrogens (tertiary/aromatic N) is 1. The number of hydrogen-bond acceptors (Lipinski definition) is 3. The number of hydrogen-bond donors (Lipinski definition) is 1. The van der Waals surface area contributed by atoms with E-state index in [2.05, 4.69) is 5.92 Å². The summed E-state index contributed by atoms with van der Waals surface area (Å²) in [5.74, 6) is 2.58. The van der Waals surface area contributed by atoms with Gasteiger partial charge in [0.25, 0.3) is 0 Å². The van der Waals surface area contributed by atoms with Crippen LogP contribution in [0.5, 0.6) is 0 Å². The van der Waals surface area contributed by atoms with Gasteiger partial charge in [0.05, 0.1) is 0 Å². The summed E-state index contributed by atoms with van der Waals surface area (Å²) >= 11 is 0. The van der Waals surface area contributed by atoms with E-state index < -0.39 is 0 Å². The fourth-order valence-corrected chi connectivity index (χ4v) is 1.34. The second-order valence-electron chi connectivity index (χ2n) is 3.30. The maximum absolute atomic E-state index is 11.2. The number of terminal acetylenes is 1. The maximum atomic E-state index is 11.2. The normalized spacial score (nSPS) is 27.0. The second kappa shape index (κ2) is 4.15. The summed E-state index contributed by atoms with van der Waals surface area (Å²) in [7, 11) is 0. The van der Waals surface area contributed by atoms with Crippen molar-refractivity contribution in [2.24, 2.45) is 11.7 Å². The van der Waals surface area contributed by atoms with Crippen molar-refractivity contribution in [3.63, 3.8) is 0 Å².